The minimum Gasteiger partial charge on any atom is -0.355 e. The lowest BCUT2D eigenvalue weighted by molar-refractivity contribution is -0.141. The zero-order valence-electron chi connectivity index (χ0n) is 14.2. The summed E-state index contributed by atoms with van der Waals surface area (Å²) in [6.45, 7) is 8.91. The van der Waals surface area contributed by atoms with Crippen molar-refractivity contribution < 1.29 is 9.59 Å². The van der Waals surface area contributed by atoms with Crippen molar-refractivity contribution in [3.05, 3.63) is 35.4 Å². The van der Waals surface area contributed by atoms with Crippen molar-refractivity contribution in [3.8, 4) is 0 Å². The molecular formula is C18H28N2O2. The van der Waals surface area contributed by atoms with Crippen LogP contribution in [0, 0.1) is 6.92 Å². The summed E-state index contributed by atoms with van der Waals surface area (Å²) in [4.78, 5) is 26.5. The maximum atomic E-state index is 12.5. The quantitative estimate of drug-likeness (QED) is 0.802. The molecule has 0 spiro atoms. The average molecular weight is 304 g/mol. The molecule has 0 heterocycles. The SMILES string of the molecule is CCCC(=O)N(Cc1cccc(C)c1)C(CC)C(=O)NCC. The average Bonchev–Trinajstić information content (AvgIpc) is 2.47. The number of benzene rings is 1. The fourth-order valence-electron chi connectivity index (χ4n) is 2.58. The van der Waals surface area contributed by atoms with Crippen LogP contribution in [-0.2, 0) is 16.1 Å². The molecule has 0 saturated heterocycles. The molecule has 22 heavy (non-hydrogen) atoms. The van der Waals surface area contributed by atoms with Crippen LogP contribution in [0.15, 0.2) is 24.3 Å². The molecular weight excluding hydrogens is 276 g/mol. The molecule has 0 aliphatic carbocycles. The van der Waals surface area contributed by atoms with Crippen LogP contribution in [0.3, 0.4) is 0 Å². The number of hydrogen-bond donors (Lipinski definition) is 1. The summed E-state index contributed by atoms with van der Waals surface area (Å²) in [6, 6.07) is 7.68. The molecule has 1 rings (SSSR count). The van der Waals surface area contributed by atoms with E-state index >= 15 is 0 Å². The highest BCUT2D eigenvalue weighted by Gasteiger charge is 2.27. The number of hydrogen-bond acceptors (Lipinski definition) is 2. The van der Waals surface area contributed by atoms with Crippen LogP contribution >= 0.6 is 0 Å². The molecule has 1 N–H and O–H groups in total. The van der Waals surface area contributed by atoms with Crippen molar-refractivity contribution in [2.24, 2.45) is 0 Å². The van der Waals surface area contributed by atoms with Crippen molar-refractivity contribution in [3.63, 3.8) is 0 Å². The van der Waals surface area contributed by atoms with Gasteiger partial charge in [0.1, 0.15) is 6.04 Å². The summed E-state index contributed by atoms with van der Waals surface area (Å²) in [5.74, 6) is -0.0239. The molecule has 1 atom stereocenters. The Morgan fingerprint density at radius 1 is 1.23 bits per heavy atom. The summed E-state index contributed by atoms with van der Waals surface area (Å²) >= 11 is 0. The Bertz CT molecular complexity index is 500. The second-order valence-electron chi connectivity index (χ2n) is 5.58. The Labute approximate surface area is 133 Å². The van der Waals surface area contributed by atoms with Crippen LogP contribution in [0.2, 0.25) is 0 Å². The van der Waals surface area contributed by atoms with E-state index in [4.69, 9.17) is 0 Å². The van der Waals surface area contributed by atoms with Crippen LogP contribution in [0.4, 0.5) is 0 Å². The highest BCUT2D eigenvalue weighted by molar-refractivity contribution is 5.87. The number of carbonyl (C=O) groups excluding carboxylic acids is 2. The van der Waals surface area contributed by atoms with Crippen molar-refractivity contribution in [1.82, 2.24) is 10.2 Å². The van der Waals surface area contributed by atoms with E-state index in [-0.39, 0.29) is 11.8 Å². The second kappa shape index (κ2) is 9.23. The smallest absolute Gasteiger partial charge is 0.242 e. The molecule has 4 nitrogen and oxygen atoms in total. The summed E-state index contributed by atoms with van der Waals surface area (Å²) in [5.41, 5.74) is 2.22. The molecule has 0 radical (unpaired) electrons. The van der Waals surface area contributed by atoms with Gasteiger partial charge in [-0.1, -0.05) is 43.7 Å². The lowest BCUT2D eigenvalue weighted by Crippen LogP contribution is -2.48. The first-order chi connectivity index (χ1) is 10.5. The molecule has 2 amide bonds. The van der Waals surface area contributed by atoms with E-state index in [1.165, 1.54) is 0 Å². The minimum atomic E-state index is -0.403. The molecule has 0 aliphatic heterocycles. The highest BCUT2D eigenvalue weighted by atomic mass is 16.2. The molecule has 4 heteroatoms. The van der Waals surface area contributed by atoms with E-state index in [9.17, 15) is 9.59 Å². The molecule has 1 aromatic carbocycles. The van der Waals surface area contributed by atoms with Gasteiger partial charge in [-0.15, -0.1) is 0 Å². The summed E-state index contributed by atoms with van der Waals surface area (Å²) in [6.07, 6.45) is 1.88. The Morgan fingerprint density at radius 2 is 1.95 bits per heavy atom. The van der Waals surface area contributed by atoms with Gasteiger partial charge < -0.3 is 10.2 Å². The van der Waals surface area contributed by atoms with Gasteiger partial charge in [0.25, 0.3) is 0 Å². The predicted molar refractivity (Wildman–Crippen MR) is 89.4 cm³/mol. The first kappa shape index (κ1) is 18.2. The van der Waals surface area contributed by atoms with Crippen molar-refractivity contribution in [2.75, 3.05) is 6.54 Å². The summed E-state index contributed by atoms with van der Waals surface area (Å²) < 4.78 is 0. The zero-order valence-corrected chi connectivity index (χ0v) is 14.2. The topological polar surface area (TPSA) is 49.4 Å². The van der Waals surface area contributed by atoms with Gasteiger partial charge in [-0.05, 0) is 32.3 Å². The Balaban J connectivity index is 3.00. The van der Waals surface area contributed by atoms with Gasteiger partial charge in [-0.25, -0.2) is 0 Å². The summed E-state index contributed by atoms with van der Waals surface area (Å²) in [7, 11) is 0. The normalized spacial score (nSPS) is 11.8. The van der Waals surface area contributed by atoms with Gasteiger partial charge in [0.05, 0.1) is 0 Å². The Hall–Kier alpha value is -1.84. The maximum absolute atomic E-state index is 12.5. The van der Waals surface area contributed by atoms with E-state index < -0.39 is 6.04 Å². The highest BCUT2D eigenvalue weighted by Crippen LogP contribution is 2.15. The van der Waals surface area contributed by atoms with Crippen molar-refractivity contribution >= 4 is 11.8 Å². The fourth-order valence-corrected chi connectivity index (χ4v) is 2.58. The second-order valence-corrected chi connectivity index (χ2v) is 5.58. The van der Waals surface area contributed by atoms with Gasteiger partial charge in [0.15, 0.2) is 0 Å². The van der Waals surface area contributed by atoms with Gasteiger partial charge in [0.2, 0.25) is 11.8 Å². The number of carbonyl (C=O) groups is 2. The van der Waals surface area contributed by atoms with Crippen LogP contribution in [0.25, 0.3) is 0 Å². The van der Waals surface area contributed by atoms with E-state index in [2.05, 4.69) is 11.4 Å². The molecule has 0 saturated carbocycles. The van der Waals surface area contributed by atoms with Crippen LogP contribution in [-0.4, -0.2) is 29.3 Å². The maximum Gasteiger partial charge on any atom is 0.242 e. The van der Waals surface area contributed by atoms with Crippen molar-refractivity contribution in [2.45, 2.75) is 59.5 Å². The van der Waals surface area contributed by atoms with E-state index in [1.54, 1.807) is 4.90 Å². The summed E-state index contributed by atoms with van der Waals surface area (Å²) in [5, 5.41) is 2.84. The zero-order chi connectivity index (χ0) is 16.5. The number of amides is 2. The molecule has 0 aliphatic rings. The molecule has 0 aromatic heterocycles. The van der Waals surface area contributed by atoms with Crippen LogP contribution in [0.5, 0.6) is 0 Å². The van der Waals surface area contributed by atoms with E-state index in [0.29, 0.717) is 25.9 Å². The largest absolute Gasteiger partial charge is 0.355 e. The Morgan fingerprint density at radius 3 is 2.50 bits per heavy atom. The molecule has 122 valence electrons. The first-order valence-electron chi connectivity index (χ1n) is 8.16. The number of aryl methyl sites for hydroxylation is 1. The fraction of sp³-hybridized carbons (Fsp3) is 0.556. The molecule has 0 fully saturated rings. The third-order valence-corrected chi connectivity index (χ3v) is 3.64. The standard InChI is InChI=1S/C18H28N2O2/c1-5-9-17(21)20(16(6-2)18(22)19-7-3)13-15-11-8-10-14(4)12-15/h8,10-12,16H,5-7,9,13H2,1-4H3,(H,19,22). The lowest BCUT2D eigenvalue weighted by atomic mass is 10.1. The predicted octanol–water partition coefficient (Wildman–Crippen LogP) is 3.04. The Kier molecular flexibility index (Phi) is 7.64. The van der Waals surface area contributed by atoms with E-state index in [0.717, 1.165) is 17.5 Å². The molecule has 1 unspecified atom stereocenters. The third kappa shape index (κ3) is 5.17. The van der Waals surface area contributed by atoms with Gasteiger partial charge in [-0.3, -0.25) is 9.59 Å². The first-order valence-corrected chi connectivity index (χ1v) is 8.16. The molecule has 1 aromatic rings. The number of nitrogens with zero attached hydrogens (tertiary/aromatic N) is 1. The number of rotatable bonds is 8. The van der Waals surface area contributed by atoms with E-state index in [1.807, 2.05) is 45.9 Å². The molecule has 0 bridgehead atoms. The number of nitrogens with one attached hydrogen (secondary N) is 1. The van der Waals surface area contributed by atoms with Gasteiger partial charge in [0, 0.05) is 19.5 Å². The van der Waals surface area contributed by atoms with Gasteiger partial charge in [-0.2, -0.15) is 0 Å². The number of likely N-dealkylation sites (N-methyl/N-ethyl adjacent to an activating group) is 1. The lowest BCUT2D eigenvalue weighted by Gasteiger charge is -2.30. The minimum absolute atomic E-state index is 0.0436. The monoisotopic (exact) mass is 304 g/mol. The van der Waals surface area contributed by atoms with Crippen LogP contribution < -0.4 is 5.32 Å². The third-order valence-electron chi connectivity index (χ3n) is 3.64. The van der Waals surface area contributed by atoms with Crippen LogP contribution in [0.1, 0.15) is 51.2 Å². The van der Waals surface area contributed by atoms with Gasteiger partial charge >= 0.3 is 0 Å². The van der Waals surface area contributed by atoms with Crippen molar-refractivity contribution in [1.29, 1.82) is 0 Å².